The molecule has 0 saturated heterocycles. The Kier molecular flexibility index (Phi) is 4.21. The number of nitrogens with one attached hydrogen (secondary N) is 1. The summed E-state index contributed by atoms with van der Waals surface area (Å²) in [6.07, 6.45) is 1.97. The molecular formula is C21H18N4O2S. The molecule has 0 unspecified atom stereocenters. The molecule has 1 aliphatic rings. The van der Waals surface area contributed by atoms with E-state index in [2.05, 4.69) is 10.3 Å². The number of ether oxygens (including phenoxy) is 2. The molecule has 1 N–H and O–H groups in total. The predicted octanol–water partition coefficient (Wildman–Crippen LogP) is 4.65. The molecule has 0 amide bonds. The van der Waals surface area contributed by atoms with Crippen molar-refractivity contribution in [1.29, 1.82) is 0 Å². The smallest absolute Gasteiger partial charge is 0.231 e. The van der Waals surface area contributed by atoms with E-state index in [1.54, 1.807) is 11.3 Å². The van der Waals surface area contributed by atoms with Crippen LogP contribution in [0.2, 0.25) is 0 Å². The molecule has 0 atom stereocenters. The summed E-state index contributed by atoms with van der Waals surface area (Å²) in [5.74, 6) is 1.60. The zero-order valence-electron chi connectivity index (χ0n) is 15.3. The van der Waals surface area contributed by atoms with E-state index in [-0.39, 0.29) is 6.79 Å². The van der Waals surface area contributed by atoms with Crippen LogP contribution >= 0.6 is 11.3 Å². The van der Waals surface area contributed by atoms with Crippen LogP contribution in [0.1, 0.15) is 11.3 Å². The molecule has 1 aliphatic heterocycles. The standard InChI is InChI=1S/C21H18N4O2S/c1-14-20(17-10-11-25(24-17)16-7-3-2-4-8-16)28-21(23-14)22-12-15-6-5-9-18-19(15)27-13-26-18/h2-11H,12-13H2,1H3,(H,22,23). The van der Waals surface area contributed by atoms with Gasteiger partial charge in [-0.15, -0.1) is 0 Å². The molecule has 140 valence electrons. The van der Waals surface area contributed by atoms with Gasteiger partial charge in [-0.05, 0) is 31.2 Å². The number of aromatic nitrogens is 3. The molecular weight excluding hydrogens is 372 g/mol. The van der Waals surface area contributed by atoms with E-state index in [1.807, 2.05) is 72.4 Å². The number of benzene rings is 2. The largest absolute Gasteiger partial charge is 0.454 e. The maximum Gasteiger partial charge on any atom is 0.231 e. The second-order valence-electron chi connectivity index (χ2n) is 6.42. The summed E-state index contributed by atoms with van der Waals surface area (Å²) in [5, 5.41) is 8.97. The van der Waals surface area contributed by atoms with Crippen molar-refractivity contribution in [2.24, 2.45) is 0 Å². The Balaban J connectivity index is 1.35. The van der Waals surface area contributed by atoms with Gasteiger partial charge in [-0.25, -0.2) is 9.67 Å². The lowest BCUT2D eigenvalue weighted by Crippen LogP contribution is -2.00. The van der Waals surface area contributed by atoms with Gasteiger partial charge in [-0.2, -0.15) is 5.10 Å². The summed E-state index contributed by atoms with van der Waals surface area (Å²) >= 11 is 1.60. The number of aryl methyl sites for hydroxylation is 1. The SMILES string of the molecule is Cc1nc(NCc2cccc3c2OCO3)sc1-c1ccn(-c2ccccc2)n1. The van der Waals surface area contributed by atoms with Gasteiger partial charge in [-0.3, -0.25) is 0 Å². The Morgan fingerprint density at radius 1 is 1.07 bits per heavy atom. The molecule has 4 aromatic rings. The first kappa shape index (κ1) is 16.8. The van der Waals surface area contributed by atoms with Gasteiger partial charge in [0.15, 0.2) is 16.6 Å². The second kappa shape index (κ2) is 7.01. The van der Waals surface area contributed by atoms with E-state index in [1.165, 1.54) is 0 Å². The van der Waals surface area contributed by atoms with E-state index < -0.39 is 0 Å². The molecule has 28 heavy (non-hydrogen) atoms. The molecule has 2 aromatic carbocycles. The van der Waals surface area contributed by atoms with E-state index in [0.717, 1.165) is 44.1 Å². The Labute approximate surface area is 166 Å². The average Bonchev–Trinajstić information content (AvgIpc) is 3.46. The predicted molar refractivity (Wildman–Crippen MR) is 109 cm³/mol. The first-order valence-electron chi connectivity index (χ1n) is 8.98. The highest BCUT2D eigenvalue weighted by atomic mass is 32.1. The summed E-state index contributed by atoms with van der Waals surface area (Å²) in [7, 11) is 0. The zero-order valence-corrected chi connectivity index (χ0v) is 16.1. The fraction of sp³-hybridized carbons (Fsp3) is 0.143. The highest BCUT2D eigenvalue weighted by Crippen LogP contribution is 2.36. The molecule has 2 aromatic heterocycles. The number of nitrogens with zero attached hydrogens (tertiary/aromatic N) is 3. The normalized spacial score (nSPS) is 12.3. The van der Waals surface area contributed by atoms with Crippen molar-refractivity contribution in [3.63, 3.8) is 0 Å². The third kappa shape index (κ3) is 3.10. The number of hydrogen-bond donors (Lipinski definition) is 1. The van der Waals surface area contributed by atoms with Crippen molar-refractivity contribution in [3.8, 4) is 27.8 Å². The molecule has 0 fully saturated rings. The minimum atomic E-state index is 0.275. The monoisotopic (exact) mass is 390 g/mol. The van der Waals surface area contributed by atoms with Crippen LogP contribution in [-0.2, 0) is 6.54 Å². The number of fused-ring (bicyclic) bond motifs is 1. The van der Waals surface area contributed by atoms with E-state index in [9.17, 15) is 0 Å². The van der Waals surface area contributed by atoms with Gasteiger partial charge in [0.05, 0.1) is 16.3 Å². The maximum absolute atomic E-state index is 5.57. The summed E-state index contributed by atoms with van der Waals surface area (Å²) < 4.78 is 12.9. The second-order valence-corrected chi connectivity index (χ2v) is 7.42. The van der Waals surface area contributed by atoms with Crippen molar-refractivity contribution in [1.82, 2.24) is 14.8 Å². The lowest BCUT2D eigenvalue weighted by molar-refractivity contribution is 0.173. The van der Waals surface area contributed by atoms with E-state index in [4.69, 9.17) is 14.6 Å². The molecule has 0 aliphatic carbocycles. The van der Waals surface area contributed by atoms with Gasteiger partial charge < -0.3 is 14.8 Å². The molecule has 0 radical (unpaired) electrons. The van der Waals surface area contributed by atoms with Crippen LogP contribution in [0.3, 0.4) is 0 Å². The van der Waals surface area contributed by atoms with Crippen molar-refractivity contribution >= 4 is 16.5 Å². The Morgan fingerprint density at radius 3 is 2.86 bits per heavy atom. The highest BCUT2D eigenvalue weighted by Gasteiger charge is 2.18. The van der Waals surface area contributed by atoms with E-state index in [0.29, 0.717) is 6.54 Å². The molecule has 7 heteroatoms. The van der Waals surface area contributed by atoms with Gasteiger partial charge in [0.2, 0.25) is 6.79 Å². The third-order valence-corrected chi connectivity index (χ3v) is 5.68. The number of para-hydroxylation sites is 2. The van der Waals surface area contributed by atoms with E-state index >= 15 is 0 Å². The summed E-state index contributed by atoms with van der Waals surface area (Å²) in [5.41, 5.74) is 3.97. The highest BCUT2D eigenvalue weighted by molar-refractivity contribution is 7.19. The topological polar surface area (TPSA) is 61.2 Å². The van der Waals surface area contributed by atoms with Gasteiger partial charge in [0, 0.05) is 18.3 Å². The number of anilines is 1. The fourth-order valence-electron chi connectivity index (χ4n) is 3.18. The average molecular weight is 390 g/mol. The minimum absolute atomic E-state index is 0.275. The molecule has 0 saturated carbocycles. The Hall–Kier alpha value is -3.32. The van der Waals surface area contributed by atoms with Crippen molar-refractivity contribution in [2.75, 3.05) is 12.1 Å². The maximum atomic E-state index is 5.57. The zero-order chi connectivity index (χ0) is 18.9. The number of hydrogen-bond acceptors (Lipinski definition) is 6. The first-order chi connectivity index (χ1) is 13.8. The van der Waals surface area contributed by atoms with Gasteiger partial charge in [-0.1, -0.05) is 41.7 Å². The van der Waals surface area contributed by atoms with Crippen LogP contribution in [0, 0.1) is 6.92 Å². The Bertz CT molecular complexity index is 1120. The molecule has 3 heterocycles. The minimum Gasteiger partial charge on any atom is -0.454 e. The van der Waals surface area contributed by atoms with Crippen LogP contribution in [-0.4, -0.2) is 21.6 Å². The van der Waals surface area contributed by atoms with Crippen molar-refractivity contribution < 1.29 is 9.47 Å². The first-order valence-corrected chi connectivity index (χ1v) is 9.80. The van der Waals surface area contributed by atoms with Crippen LogP contribution in [0.25, 0.3) is 16.3 Å². The molecule has 0 spiro atoms. The van der Waals surface area contributed by atoms with Gasteiger partial charge in [0.1, 0.15) is 5.69 Å². The number of thiazole rings is 1. The lowest BCUT2D eigenvalue weighted by atomic mass is 10.2. The fourth-order valence-corrected chi connectivity index (χ4v) is 4.11. The van der Waals surface area contributed by atoms with Crippen molar-refractivity contribution in [2.45, 2.75) is 13.5 Å². The van der Waals surface area contributed by atoms with Crippen LogP contribution < -0.4 is 14.8 Å². The molecule has 5 rings (SSSR count). The molecule has 6 nitrogen and oxygen atoms in total. The Morgan fingerprint density at radius 2 is 1.96 bits per heavy atom. The molecule has 0 bridgehead atoms. The van der Waals surface area contributed by atoms with Crippen LogP contribution in [0.5, 0.6) is 11.5 Å². The lowest BCUT2D eigenvalue weighted by Gasteiger charge is -2.06. The number of rotatable bonds is 5. The summed E-state index contributed by atoms with van der Waals surface area (Å²) in [6.45, 7) is 2.91. The van der Waals surface area contributed by atoms with Crippen LogP contribution in [0.15, 0.2) is 60.8 Å². The van der Waals surface area contributed by atoms with Gasteiger partial charge in [0.25, 0.3) is 0 Å². The summed E-state index contributed by atoms with van der Waals surface area (Å²) in [4.78, 5) is 5.73. The van der Waals surface area contributed by atoms with Gasteiger partial charge >= 0.3 is 0 Å². The summed E-state index contributed by atoms with van der Waals surface area (Å²) in [6, 6.07) is 18.0. The van der Waals surface area contributed by atoms with Crippen LogP contribution in [0.4, 0.5) is 5.13 Å². The third-order valence-electron chi connectivity index (χ3n) is 4.55. The van der Waals surface area contributed by atoms with Crippen molar-refractivity contribution in [3.05, 3.63) is 72.1 Å². The quantitative estimate of drug-likeness (QED) is 0.538.